The number of nitrogens with zero attached hydrogens (tertiary/aromatic N) is 8. The average Bonchev–Trinajstić information content (AvgIpc) is 3.36. The number of carboxylic acids is 1. The van der Waals surface area contributed by atoms with E-state index in [9.17, 15) is 23.2 Å². The Morgan fingerprint density at radius 3 is 2.38 bits per heavy atom. The summed E-state index contributed by atoms with van der Waals surface area (Å²) >= 11 is 0. The van der Waals surface area contributed by atoms with Crippen LogP contribution in [0.2, 0.25) is 0 Å². The summed E-state index contributed by atoms with van der Waals surface area (Å²) in [4.78, 5) is 40.4. The van der Waals surface area contributed by atoms with Crippen LogP contribution in [0.25, 0.3) is 11.2 Å². The second kappa shape index (κ2) is 13.0. The largest absolute Gasteiger partial charge is 0.490 e. The fourth-order valence-corrected chi connectivity index (χ4v) is 4.95. The lowest BCUT2D eigenvalue weighted by Gasteiger charge is -2.35. The monoisotopic (exact) mass is 587 g/mol. The summed E-state index contributed by atoms with van der Waals surface area (Å²) in [5.41, 5.74) is 5.91. The molecule has 5 rings (SSSR count). The maximum atomic E-state index is 13.5. The van der Waals surface area contributed by atoms with Gasteiger partial charge in [-0.25, -0.2) is 9.78 Å². The number of hydrazine groups is 1. The van der Waals surface area contributed by atoms with Gasteiger partial charge in [0.25, 0.3) is 5.91 Å². The van der Waals surface area contributed by atoms with Crippen LogP contribution in [0.1, 0.15) is 48.3 Å². The Morgan fingerprint density at radius 2 is 1.76 bits per heavy atom. The zero-order chi connectivity index (χ0) is 30.4. The number of hydrogen-bond donors (Lipinski definition) is 2. The predicted molar refractivity (Wildman–Crippen MR) is 148 cm³/mol. The highest BCUT2D eigenvalue weighted by Crippen LogP contribution is 2.29. The zero-order valence-corrected chi connectivity index (χ0v) is 23.3. The number of hydrogen-bond acceptors (Lipinski definition) is 9. The normalized spacial score (nSPS) is 16.3. The van der Waals surface area contributed by atoms with E-state index < -0.39 is 12.1 Å². The quantitative estimate of drug-likeness (QED) is 0.428. The number of rotatable bonds is 5. The summed E-state index contributed by atoms with van der Waals surface area (Å²) in [5.74, 6) is -2.42. The lowest BCUT2D eigenvalue weighted by Crippen LogP contribution is -2.50. The average molecular weight is 588 g/mol. The summed E-state index contributed by atoms with van der Waals surface area (Å²) in [6.07, 6.45) is 1.78. The Morgan fingerprint density at radius 1 is 1.10 bits per heavy atom. The number of carbonyl (C=O) groups is 2. The number of aromatic nitrogens is 4. The van der Waals surface area contributed by atoms with Crippen molar-refractivity contribution in [3.05, 3.63) is 42.0 Å². The number of aryl methyl sites for hydroxylation is 1. The molecule has 2 N–H and O–H groups in total. The van der Waals surface area contributed by atoms with Crippen LogP contribution in [-0.2, 0) is 11.8 Å². The highest BCUT2D eigenvalue weighted by molar-refractivity contribution is 5.97. The summed E-state index contributed by atoms with van der Waals surface area (Å²) in [6, 6.07) is 9.91. The Labute approximate surface area is 240 Å². The van der Waals surface area contributed by atoms with E-state index in [1.807, 2.05) is 30.3 Å². The minimum Gasteiger partial charge on any atom is -0.475 e. The van der Waals surface area contributed by atoms with E-state index in [1.54, 1.807) is 10.9 Å². The Hall–Kier alpha value is -4.45. The molecule has 0 spiro atoms. The first-order valence-electron chi connectivity index (χ1n) is 13.5. The third-order valence-electron chi connectivity index (χ3n) is 7.25. The van der Waals surface area contributed by atoms with Crippen molar-refractivity contribution in [3.8, 4) is 6.07 Å². The van der Waals surface area contributed by atoms with Crippen molar-refractivity contribution < 1.29 is 27.9 Å². The molecule has 2 aliphatic rings. The van der Waals surface area contributed by atoms with Crippen molar-refractivity contribution in [1.82, 2.24) is 29.8 Å². The molecule has 0 bridgehead atoms. The molecule has 0 atom stereocenters. The SMILES string of the molecule is CN1CCN(c2cccc(C(=O)NN(c3nc(C#N)nc4c3ncn4C)C3CCCCC3)c2)CC1.O=C(O)C(F)(F)F. The molecule has 0 unspecified atom stereocenters. The minimum atomic E-state index is -5.08. The van der Waals surface area contributed by atoms with E-state index >= 15 is 0 Å². The highest BCUT2D eigenvalue weighted by Gasteiger charge is 2.38. The smallest absolute Gasteiger partial charge is 0.475 e. The third kappa shape index (κ3) is 7.24. The topological polar surface area (TPSA) is 144 Å². The van der Waals surface area contributed by atoms with Gasteiger partial charge >= 0.3 is 12.1 Å². The van der Waals surface area contributed by atoms with Gasteiger partial charge in [-0.05, 0) is 38.1 Å². The second-order valence-corrected chi connectivity index (χ2v) is 10.3. The minimum absolute atomic E-state index is 0.0585. The molecular weight excluding hydrogens is 555 g/mol. The summed E-state index contributed by atoms with van der Waals surface area (Å²) in [5, 5.41) is 18.5. The fraction of sp³-hybridized carbons (Fsp3) is 0.481. The molecular formula is C27H32F3N9O3. The Balaban J connectivity index is 0.000000517. The summed E-state index contributed by atoms with van der Waals surface area (Å²) < 4.78 is 33.5. The molecule has 3 aromatic rings. The maximum absolute atomic E-state index is 13.5. The number of halogens is 3. The van der Waals surface area contributed by atoms with Crippen LogP contribution in [0.3, 0.4) is 0 Å². The molecule has 1 aromatic carbocycles. The van der Waals surface area contributed by atoms with Crippen LogP contribution in [0.4, 0.5) is 24.7 Å². The molecule has 1 aliphatic carbocycles. The first-order chi connectivity index (χ1) is 20.0. The van der Waals surface area contributed by atoms with Crippen molar-refractivity contribution in [3.63, 3.8) is 0 Å². The van der Waals surface area contributed by atoms with Gasteiger partial charge in [0.15, 0.2) is 17.0 Å². The van der Waals surface area contributed by atoms with Crippen LogP contribution in [0, 0.1) is 11.3 Å². The van der Waals surface area contributed by atoms with Gasteiger partial charge in [0.2, 0.25) is 5.82 Å². The third-order valence-corrected chi connectivity index (χ3v) is 7.25. The number of imidazole rings is 1. The van der Waals surface area contributed by atoms with E-state index in [0.717, 1.165) is 57.5 Å². The van der Waals surface area contributed by atoms with Gasteiger partial charge < -0.3 is 19.5 Å². The number of fused-ring (bicyclic) bond motifs is 1. The number of likely N-dealkylation sites (N-methyl/N-ethyl adjacent to an activating group) is 1. The lowest BCUT2D eigenvalue weighted by molar-refractivity contribution is -0.192. The number of carboxylic acid groups (broad SMARTS) is 1. The lowest BCUT2D eigenvalue weighted by atomic mass is 9.95. The van der Waals surface area contributed by atoms with Crippen LogP contribution in [-0.4, -0.2) is 86.8 Å². The van der Waals surface area contributed by atoms with E-state index in [1.165, 1.54) is 6.42 Å². The van der Waals surface area contributed by atoms with Crippen LogP contribution in [0.5, 0.6) is 0 Å². The second-order valence-electron chi connectivity index (χ2n) is 10.3. The van der Waals surface area contributed by atoms with E-state index in [2.05, 4.69) is 49.4 Å². The van der Waals surface area contributed by atoms with Gasteiger partial charge in [0, 0.05) is 44.5 Å². The van der Waals surface area contributed by atoms with Crippen molar-refractivity contribution in [1.29, 1.82) is 5.26 Å². The maximum Gasteiger partial charge on any atom is 0.490 e. The molecule has 1 saturated heterocycles. The number of carbonyl (C=O) groups excluding carboxylic acids is 1. The first-order valence-corrected chi connectivity index (χ1v) is 13.5. The first kappa shape index (κ1) is 30.5. The van der Waals surface area contributed by atoms with Crippen LogP contribution >= 0.6 is 0 Å². The van der Waals surface area contributed by atoms with Gasteiger partial charge in [-0.1, -0.05) is 25.3 Å². The molecule has 1 amide bonds. The van der Waals surface area contributed by atoms with E-state index in [4.69, 9.17) is 9.90 Å². The molecule has 3 heterocycles. The van der Waals surface area contributed by atoms with E-state index in [0.29, 0.717) is 22.5 Å². The molecule has 1 aliphatic heterocycles. The zero-order valence-electron chi connectivity index (χ0n) is 23.3. The molecule has 1 saturated carbocycles. The van der Waals surface area contributed by atoms with Crippen molar-refractivity contribution in [2.45, 2.75) is 44.3 Å². The number of benzene rings is 1. The molecule has 0 radical (unpaired) electrons. The van der Waals surface area contributed by atoms with Crippen molar-refractivity contribution in [2.24, 2.45) is 7.05 Å². The molecule has 2 fully saturated rings. The molecule has 12 nitrogen and oxygen atoms in total. The summed E-state index contributed by atoms with van der Waals surface area (Å²) in [6.45, 7) is 3.87. The molecule has 15 heteroatoms. The fourth-order valence-electron chi connectivity index (χ4n) is 4.95. The van der Waals surface area contributed by atoms with Crippen LogP contribution in [0.15, 0.2) is 30.6 Å². The number of anilines is 2. The highest BCUT2D eigenvalue weighted by atomic mass is 19.4. The molecule has 224 valence electrons. The van der Waals surface area contributed by atoms with Gasteiger partial charge in [-0.3, -0.25) is 15.2 Å². The number of aliphatic carboxylic acids is 1. The Bertz CT molecular complexity index is 1460. The van der Waals surface area contributed by atoms with Gasteiger partial charge in [-0.2, -0.15) is 28.4 Å². The van der Waals surface area contributed by atoms with Gasteiger partial charge in [0.1, 0.15) is 6.07 Å². The molecule has 2 aromatic heterocycles. The van der Waals surface area contributed by atoms with Gasteiger partial charge in [-0.15, -0.1) is 0 Å². The number of nitriles is 1. The van der Waals surface area contributed by atoms with Crippen molar-refractivity contribution >= 4 is 34.5 Å². The summed E-state index contributed by atoms with van der Waals surface area (Å²) in [7, 11) is 3.96. The van der Waals surface area contributed by atoms with Crippen molar-refractivity contribution in [2.75, 3.05) is 43.1 Å². The van der Waals surface area contributed by atoms with Crippen LogP contribution < -0.4 is 15.3 Å². The number of alkyl halides is 3. The number of amides is 1. The number of piperazine rings is 1. The molecule has 42 heavy (non-hydrogen) atoms. The van der Waals surface area contributed by atoms with Gasteiger partial charge in [0.05, 0.1) is 12.4 Å². The van der Waals surface area contributed by atoms with E-state index in [-0.39, 0.29) is 17.8 Å². The Kier molecular flexibility index (Phi) is 9.46. The standard InChI is InChI=1S/C25H31N9O.C2HF3O2/c1-31-11-13-33(14-12-31)20-10-6-7-18(15-20)25(35)30-34(19-8-4-3-5-9-19)24-22-23(32(2)17-27-22)28-21(16-26)29-24;3-2(4,5)1(6)7/h6-7,10,15,17,19H,3-5,8-9,11-14H2,1-2H3,(H,30,35);(H,6,7). The number of nitrogens with one attached hydrogen (secondary N) is 1. The predicted octanol–water partition coefficient (Wildman–Crippen LogP) is 3.10.